The van der Waals surface area contributed by atoms with Crippen LogP contribution in [-0.2, 0) is 16.1 Å². The van der Waals surface area contributed by atoms with Crippen LogP contribution in [0.15, 0.2) is 48.5 Å². The van der Waals surface area contributed by atoms with Crippen LogP contribution in [0.1, 0.15) is 28.8 Å². The average molecular weight is 430 g/mol. The van der Waals surface area contributed by atoms with E-state index in [1.54, 1.807) is 24.3 Å². The minimum Gasteiger partial charge on any atom is -0.368 e. The molecule has 0 aliphatic carbocycles. The third-order valence-electron chi connectivity index (χ3n) is 4.99. The Hall–Kier alpha value is -2.41. The summed E-state index contributed by atoms with van der Waals surface area (Å²) in [6, 6.07) is 14.6. The first-order valence-electron chi connectivity index (χ1n) is 10.1. The Labute approximate surface area is 182 Å². The van der Waals surface area contributed by atoms with Crippen molar-refractivity contribution in [3.8, 4) is 0 Å². The molecule has 0 bridgehead atoms. The van der Waals surface area contributed by atoms with E-state index in [1.165, 1.54) is 0 Å². The van der Waals surface area contributed by atoms with Crippen molar-refractivity contribution in [2.75, 3.05) is 39.1 Å². The molecule has 6 nitrogen and oxygen atoms in total. The van der Waals surface area contributed by atoms with Crippen LogP contribution in [0.5, 0.6) is 0 Å². The highest BCUT2D eigenvalue weighted by Gasteiger charge is 2.24. The van der Waals surface area contributed by atoms with Gasteiger partial charge < -0.3 is 19.9 Å². The Bertz CT molecular complexity index is 864. The van der Waals surface area contributed by atoms with Gasteiger partial charge in [0.1, 0.15) is 6.10 Å². The van der Waals surface area contributed by atoms with Gasteiger partial charge in [0, 0.05) is 42.5 Å². The molecule has 0 aromatic heterocycles. The molecule has 2 aromatic rings. The fourth-order valence-electron chi connectivity index (χ4n) is 3.30. The molecule has 2 amide bonds. The fourth-order valence-corrected chi connectivity index (χ4v) is 3.43. The monoisotopic (exact) mass is 429 g/mol. The lowest BCUT2D eigenvalue weighted by atomic mass is 10.1. The van der Waals surface area contributed by atoms with E-state index in [0.717, 1.165) is 24.9 Å². The number of carbonyl (C=O) groups excluding carboxylic acids is 2. The van der Waals surface area contributed by atoms with Crippen molar-refractivity contribution in [2.24, 2.45) is 0 Å². The summed E-state index contributed by atoms with van der Waals surface area (Å²) in [7, 11) is 3.96. The van der Waals surface area contributed by atoms with Gasteiger partial charge in [0.25, 0.3) is 11.8 Å². The molecule has 0 saturated carbocycles. The van der Waals surface area contributed by atoms with E-state index in [2.05, 4.69) is 5.32 Å². The number of carbonyl (C=O) groups is 2. The molecule has 1 aliphatic heterocycles. The van der Waals surface area contributed by atoms with Crippen LogP contribution >= 0.6 is 11.6 Å². The largest absolute Gasteiger partial charge is 0.368 e. The predicted molar refractivity (Wildman–Crippen MR) is 119 cm³/mol. The zero-order chi connectivity index (χ0) is 21.5. The minimum atomic E-state index is -0.411. The van der Waals surface area contributed by atoms with Gasteiger partial charge in [-0.2, -0.15) is 0 Å². The van der Waals surface area contributed by atoms with Gasteiger partial charge in [0.05, 0.1) is 0 Å². The summed E-state index contributed by atoms with van der Waals surface area (Å²) in [6.45, 7) is 2.42. The van der Waals surface area contributed by atoms with Crippen molar-refractivity contribution in [2.45, 2.75) is 25.5 Å². The zero-order valence-corrected chi connectivity index (χ0v) is 18.2. The minimum absolute atomic E-state index is 0.0833. The Morgan fingerprint density at radius 1 is 1.13 bits per heavy atom. The molecule has 0 radical (unpaired) electrons. The number of halogens is 1. The standard InChI is InChI=1S/C23H28ClN3O3/c1-26(2)12-13-27(16-17-8-10-19(24)11-9-17)23(29)18-5-3-6-20(15-18)25-22(28)21-7-4-14-30-21/h3,5-6,8-11,15,21H,4,7,12-14,16H2,1-2H3,(H,25,28). The molecule has 1 atom stereocenters. The molecule has 1 heterocycles. The van der Waals surface area contributed by atoms with Gasteiger partial charge in [-0.1, -0.05) is 29.8 Å². The predicted octanol–water partition coefficient (Wildman–Crippen LogP) is 3.66. The maximum absolute atomic E-state index is 13.3. The Morgan fingerprint density at radius 2 is 1.90 bits per heavy atom. The van der Waals surface area contributed by atoms with Crippen LogP contribution < -0.4 is 5.32 Å². The van der Waals surface area contributed by atoms with Gasteiger partial charge in [-0.05, 0) is 62.8 Å². The highest BCUT2D eigenvalue weighted by Crippen LogP contribution is 2.18. The Balaban J connectivity index is 1.73. The molecular weight excluding hydrogens is 402 g/mol. The van der Waals surface area contributed by atoms with E-state index in [4.69, 9.17) is 16.3 Å². The molecular formula is C23H28ClN3O3. The topological polar surface area (TPSA) is 61.9 Å². The Morgan fingerprint density at radius 3 is 2.57 bits per heavy atom. The highest BCUT2D eigenvalue weighted by molar-refractivity contribution is 6.30. The summed E-state index contributed by atoms with van der Waals surface area (Å²) >= 11 is 5.98. The number of benzene rings is 2. The number of amides is 2. The maximum atomic E-state index is 13.3. The third kappa shape index (κ3) is 6.29. The van der Waals surface area contributed by atoms with Crippen LogP contribution in [-0.4, -0.2) is 61.5 Å². The molecule has 30 heavy (non-hydrogen) atoms. The Kier molecular flexibility index (Phi) is 7.85. The lowest BCUT2D eigenvalue weighted by molar-refractivity contribution is -0.124. The van der Waals surface area contributed by atoms with Crippen LogP contribution in [0.2, 0.25) is 5.02 Å². The zero-order valence-electron chi connectivity index (χ0n) is 17.4. The van der Waals surface area contributed by atoms with Crippen LogP contribution in [0, 0.1) is 0 Å². The summed E-state index contributed by atoms with van der Waals surface area (Å²) in [5, 5.41) is 3.53. The molecule has 7 heteroatoms. The number of nitrogens with zero attached hydrogens (tertiary/aromatic N) is 2. The van der Waals surface area contributed by atoms with Crippen LogP contribution in [0.25, 0.3) is 0 Å². The number of ether oxygens (including phenoxy) is 1. The summed E-state index contributed by atoms with van der Waals surface area (Å²) in [5.41, 5.74) is 2.14. The highest BCUT2D eigenvalue weighted by atomic mass is 35.5. The molecule has 3 rings (SSSR count). The van der Waals surface area contributed by atoms with Crippen LogP contribution in [0.4, 0.5) is 5.69 Å². The second kappa shape index (κ2) is 10.6. The second-order valence-electron chi connectivity index (χ2n) is 7.73. The van der Waals surface area contributed by atoms with Crippen LogP contribution in [0.3, 0.4) is 0 Å². The van der Waals surface area contributed by atoms with Gasteiger partial charge in [0.15, 0.2) is 0 Å². The molecule has 1 N–H and O–H groups in total. The van der Waals surface area contributed by atoms with Crippen molar-refractivity contribution in [3.05, 3.63) is 64.7 Å². The van der Waals surface area contributed by atoms with Crippen molar-refractivity contribution in [1.82, 2.24) is 9.80 Å². The molecule has 1 unspecified atom stereocenters. The van der Waals surface area contributed by atoms with Crippen molar-refractivity contribution in [1.29, 1.82) is 0 Å². The lowest BCUT2D eigenvalue weighted by Gasteiger charge is -2.25. The first-order chi connectivity index (χ1) is 14.4. The van der Waals surface area contributed by atoms with E-state index in [0.29, 0.717) is 36.0 Å². The number of nitrogens with one attached hydrogen (secondary N) is 1. The number of rotatable bonds is 8. The van der Waals surface area contributed by atoms with E-state index in [-0.39, 0.29) is 11.8 Å². The van der Waals surface area contributed by atoms with Gasteiger partial charge >= 0.3 is 0 Å². The van der Waals surface area contributed by atoms with Gasteiger partial charge in [-0.25, -0.2) is 0 Å². The van der Waals surface area contributed by atoms with Gasteiger partial charge in [0.2, 0.25) is 0 Å². The first kappa shape index (κ1) is 22.3. The van der Waals surface area contributed by atoms with Crippen molar-refractivity contribution < 1.29 is 14.3 Å². The van der Waals surface area contributed by atoms with E-state index < -0.39 is 6.10 Å². The number of hydrogen-bond acceptors (Lipinski definition) is 4. The average Bonchev–Trinajstić information content (AvgIpc) is 3.27. The van der Waals surface area contributed by atoms with Crippen molar-refractivity contribution >= 4 is 29.1 Å². The number of likely N-dealkylation sites (N-methyl/N-ethyl adjacent to an activating group) is 1. The summed E-state index contributed by atoms with van der Waals surface area (Å²) < 4.78 is 5.43. The quantitative estimate of drug-likeness (QED) is 0.695. The van der Waals surface area contributed by atoms with E-state index in [1.807, 2.05) is 48.2 Å². The van der Waals surface area contributed by atoms with Gasteiger partial charge in [-0.3, -0.25) is 9.59 Å². The second-order valence-corrected chi connectivity index (χ2v) is 8.16. The SMILES string of the molecule is CN(C)CCN(Cc1ccc(Cl)cc1)C(=O)c1cccc(NC(=O)C2CCCO2)c1. The number of anilines is 1. The van der Waals surface area contributed by atoms with E-state index in [9.17, 15) is 9.59 Å². The van der Waals surface area contributed by atoms with E-state index >= 15 is 0 Å². The summed E-state index contributed by atoms with van der Waals surface area (Å²) in [4.78, 5) is 29.4. The summed E-state index contributed by atoms with van der Waals surface area (Å²) in [6.07, 6.45) is 1.21. The molecule has 1 fully saturated rings. The van der Waals surface area contributed by atoms with Gasteiger partial charge in [-0.15, -0.1) is 0 Å². The molecule has 1 saturated heterocycles. The molecule has 2 aromatic carbocycles. The normalized spacial score (nSPS) is 15.9. The molecule has 160 valence electrons. The number of hydrogen-bond donors (Lipinski definition) is 1. The maximum Gasteiger partial charge on any atom is 0.254 e. The molecule has 1 aliphatic rings. The lowest BCUT2D eigenvalue weighted by Crippen LogP contribution is -2.36. The summed E-state index contributed by atoms with van der Waals surface area (Å²) in [5.74, 6) is -0.247. The first-order valence-corrected chi connectivity index (χ1v) is 10.5. The molecule has 0 spiro atoms. The fraction of sp³-hybridized carbons (Fsp3) is 0.391. The van der Waals surface area contributed by atoms with Crippen molar-refractivity contribution in [3.63, 3.8) is 0 Å². The smallest absolute Gasteiger partial charge is 0.254 e. The third-order valence-corrected chi connectivity index (χ3v) is 5.24.